The fourth-order valence-electron chi connectivity index (χ4n) is 2.10. The lowest BCUT2D eigenvalue weighted by Crippen LogP contribution is -2.38. The largest absolute Gasteiger partial charge is 0.465 e. The molecule has 1 aromatic heterocycles. The molecule has 2 amide bonds. The number of carboxylic acid groups (broad SMARTS) is 1. The van der Waals surface area contributed by atoms with Gasteiger partial charge in [0.1, 0.15) is 5.69 Å². The first-order chi connectivity index (χ1) is 8.58. The fourth-order valence-corrected chi connectivity index (χ4v) is 2.70. The van der Waals surface area contributed by atoms with E-state index in [0.717, 1.165) is 16.4 Å². The van der Waals surface area contributed by atoms with Gasteiger partial charge in [-0.25, -0.2) is 4.79 Å². The monoisotopic (exact) mass is 363 g/mol. The van der Waals surface area contributed by atoms with Gasteiger partial charge in [0.2, 0.25) is 0 Å². The van der Waals surface area contributed by atoms with E-state index < -0.39 is 6.09 Å². The van der Waals surface area contributed by atoms with Crippen LogP contribution in [0.2, 0.25) is 0 Å². The van der Waals surface area contributed by atoms with E-state index in [1.54, 1.807) is 0 Å². The number of nitrogens with zero attached hydrogens (tertiary/aromatic N) is 1. The van der Waals surface area contributed by atoms with E-state index in [1.807, 2.05) is 16.8 Å². The van der Waals surface area contributed by atoms with Crippen molar-refractivity contribution >= 4 is 34.6 Å². The number of carbonyl (C=O) groups is 2. The van der Waals surface area contributed by atoms with Crippen LogP contribution in [-0.2, 0) is 0 Å². The van der Waals surface area contributed by atoms with Crippen molar-refractivity contribution in [3.05, 3.63) is 21.5 Å². The normalized spacial score (nSPS) is 18.1. The van der Waals surface area contributed by atoms with Gasteiger partial charge in [0.05, 0.1) is 6.04 Å². The van der Waals surface area contributed by atoms with Gasteiger partial charge in [0, 0.05) is 22.9 Å². The lowest BCUT2D eigenvalue weighted by molar-refractivity contribution is 0.0913. The third-order valence-corrected chi connectivity index (χ3v) is 3.52. The molecule has 1 aromatic rings. The number of carbonyl (C=O) groups excluding carboxylic acids is 1. The molecule has 0 bridgehead atoms. The molecule has 0 aromatic carbocycles. The van der Waals surface area contributed by atoms with Crippen molar-refractivity contribution in [1.29, 1.82) is 0 Å². The van der Waals surface area contributed by atoms with E-state index in [0.29, 0.717) is 18.8 Å². The minimum atomic E-state index is -0.997. The number of fused-ring (bicyclic) bond motifs is 1. The molecule has 0 unspecified atom stereocenters. The number of hydrogen-bond donors (Lipinski definition) is 3. The van der Waals surface area contributed by atoms with Crippen molar-refractivity contribution in [2.75, 3.05) is 13.1 Å². The quantitative estimate of drug-likeness (QED) is 0.559. The molecule has 18 heavy (non-hydrogen) atoms. The highest BCUT2D eigenvalue weighted by Crippen LogP contribution is 2.23. The standard InChI is InChI=1S/C11H14IN3O3/c12-7-4-9-10(16)14-5-8(15(9)6-7)2-1-3-13-11(17)18/h4,6,8,13H,1-3,5H2,(H,14,16)(H,17,18)/t8-/m0/s1. The minimum Gasteiger partial charge on any atom is -0.465 e. The van der Waals surface area contributed by atoms with Gasteiger partial charge in [-0.3, -0.25) is 4.79 Å². The molecular weight excluding hydrogens is 349 g/mol. The summed E-state index contributed by atoms with van der Waals surface area (Å²) in [5, 5.41) is 13.7. The molecule has 2 rings (SSSR count). The van der Waals surface area contributed by atoms with Gasteiger partial charge >= 0.3 is 6.09 Å². The van der Waals surface area contributed by atoms with E-state index in [-0.39, 0.29) is 11.9 Å². The van der Waals surface area contributed by atoms with Crippen LogP contribution in [0.1, 0.15) is 29.4 Å². The number of amides is 2. The molecule has 0 fully saturated rings. The molecule has 1 atom stereocenters. The molecule has 7 heteroatoms. The Hall–Kier alpha value is -1.25. The summed E-state index contributed by atoms with van der Waals surface area (Å²) in [5.41, 5.74) is 0.682. The first-order valence-corrected chi connectivity index (χ1v) is 6.78. The molecule has 1 aliphatic rings. The molecule has 0 saturated heterocycles. The average Bonchev–Trinajstić information content (AvgIpc) is 2.69. The fraction of sp³-hybridized carbons (Fsp3) is 0.455. The SMILES string of the molecule is O=C(O)NCCC[C@H]1CNC(=O)c2cc(I)cn21. The van der Waals surface area contributed by atoms with Gasteiger partial charge in [-0.2, -0.15) is 0 Å². The predicted octanol–water partition coefficient (Wildman–Crippen LogP) is 1.42. The number of aromatic nitrogens is 1. The minimum absolute atomic E-state index is 0.0437. The number of rotatable bonds is 4. The highest BCUT2D eigenvalue weighted by molar-refractivity contribution is 14.1. The third kappa shape index (κ3) is 2.95. The maximum Gasteiger partial charge on any atom is 0.404 e. The second kappa shape index (κ2) is 5.59. The summed E-state index contributed by atoms with van der Waals surface area (Å²) >= 11 is 2.18. The van der Waals surface area contributed by atoms with E-state index in [2.05, 4.69) is 33.2 Å². The maximum absolute atomic E-state index is 11.6. The van der Waals surface area contributed by atoms with E-state index >= 15 is 0 Å². The van der Waals surface area contributed by atoms with Gasteiger partial charge in [-0.15, -0.1) is 0 Å². The zero-order chi connectivity index (χ0) is 13.1. The van der Waals surface area contributed by atoms with Crippen LogP contribution in [0.25, 0.3) is 0 Å². The second-order valence-electron chi connectivity index (χ2n) is 4.19. The van der Waals surface area contributed by atoms with Gasteiger partial charge in [0.15, 0.2) is 0 Å². The molecule has 0 saturated carbocycles. The number of nitrogens with one attached hydrogen (secondary N) is 2. The van der Waals surface area contributed by atoms with Crippen LogP contribution < -0.4 is 10.6 Å². The van der Waals surface area contributed by atoms with Gasteiger partial charge in [-0.05, 0) is 41.5 Å². The Bertz CT molecular complexity index is 472. The van der Waals surface area contributed by atoms with Crippen molar-refractivity contribution in [2.24, 2.45) is 0 Å². The van der Waals surface area contributed by atoms with Crippen LogP contribution in [0, 0.1) is 3.57 Å². The molecule has 0 radical (unpaired) electrons. The summed E-state index contributed by atoms with van der Waals surface area (Å²) in [7, 11) is 0. The van der Waals surface area contributed by atoms with Crippen molar-refractivity contribution in [1.82, 2.24) is 15.2 Å². The highest BCUT2D eigenvalue weighted by atomic mass is 127. The summed E-state index contributed by atoms with van der Waals surface area (Å²) < 4.78 is 3.02. The van der Waals surface area contributed by atoms with E-state index in [4.69, 9.17) is 5.11 Å². The van der Waals surface area contributed by atoms with Crippen LogP contribution in [-0.4, -0.2) is 34.8 Å². The van der Waals surface area contributed by atoms with E-state index in [1.165, 1.54) is 0 Å². The first-order valence-electron chi connectivity index (χ1n) is 5.70. The summed E-state index contributed by atoms with van der Waals surface area (Å²) in [6.07, 6.45) is 2.55. The van der Waals surface area contributed by atoms with Gasteiger partial charge in [0.25, 0.3) is 5.91 Å². The van der Waals surface area contributed by atoms with Crippen molar-refractivity contribution in [2.45, 2.75) is 18.9 Å². The van der Waals surface area contributed by atoms with Crippen LogP contribution in [0.15, 0.2) is 12.3 Å². The lowest BCUT2D eigenvalue weighted by Gasteiger charge is -2.26. The van der Waals surface area contributed by atoms with Crippen molar-refractivity contribution in [3.63, 3.8) is 0 Å². The lowest BCUT2D eigenvalue weighted by atomic mass is 10.1. The zero-order valence-corrected chi connectivity index (χ0v) is 11.8. The maximum atomic E-state index is 11.6. The molecule has 0 aliphatic carbocycles. The summed E-state index contributed by atoms with van der Waals surface area (Å²) in [4.78, 5) is 22.0. The molecule has 3 N–H and O–H groups in total. The Balaban J connectivity index is 1.96. The average molecular weight is 363 g/mol. The van der Waals surface area contributed by atoms with Crippen LogP contribution in [0.4, 0.5) is 4.79 Å². The second-order valence-corrected chi connectivity index (χ2v) is 5.43. The molecule has 98 valence electrons. The van der Waals surface area contributed by atoms with Crippen LogP contribution in [0.5, 0.6) is 0 Å². The van der Waals surface area contributed by atoms with Crippen molar-refractivity contribution < 1.29 is 14.7 Å². The molecular formula is C11H14IN3O3. The first kappa shape index (κ1) is 13.2. The Kier molecular flexibility index (Phi) is 4.10. The van der Waals surface area contributed by atoms with Gasteiger partial charge < -0.3 is 20.3 Å². The summed E-state index contributed by atoms with van der Waals surface area (Å²) in [6.45, 7) is 1.04. The predicted molar refractivity (Wildman–Crippen MR) is 73.8 cm³/mol. The Morgan fingerprint density at radius 3 is 3.17 bits per heavy atom. The molecule has 1 aliphatic heterocycles. The molecule has 0 spiro atoms. The van der Waals surface area contributed by atoms with E-state index in [9.17, 15) is 9.59 Å². The summed E-state index contributed by atoms with van der Waals surface area (Å²) in [5.74, 6) is -0.0437. The van der Waals surface area contributed by atoms with Crippen LogP contribution >= 0.6 is 22.6 Å². The van der Waals surface area contributed by atoms with Crippen molar-refractivity contribution in [3.8, 4) is 0 Å². The third-order valence-electron chi connectivity index (χ3n) is 2.93. The zero-order valence-electron chi connectivity index (χ0n) is 9.65. The highest BCUT2D eigenvalue weighted by Gasteiger charge is 2.24. The Morgan fingerprint density at radius 1 is 1.67 bits per heavy atom. The van der Waals surface area contributed by atoms with Crippen LogP contribution in [0.3, 0.4) is 0 Å². The number of hydrogen-bond acceptors (Lipinski definition) is 2. The smallest absolute Gasteiger partial charge is 0.404 e. The van der Waals surface area contributed by atoms with Gasteiger partial charge in [-0.1, -0.05) is 0 Å². The molecule has 2 heterocycles. The molecule has 6 nitrogen and oxygen atoms in total. The Morgan fingerprint density at radius 2 is 2.44 bits per heavy atom. The summed E-state index contributed by atoms with van der Waals surface area (Å²) in [6, 6.07) is 2.06. The Labute approximate surface area is 118 Å². The number of halogens is 1. The topological polar surface area (TPSA) is 83.4 Å².